The van der Waals surface area contributed by atoms with Gasteiger partial charge in [0.1, 0.15) is 0 Å². The van der Waals surface area contributed by atoms with E-state index in [0.717, 1.165) is 30.9 Å². The molecule has 0 atom stereocenters. The van der Waals surface area contributed by atoms with Crippen molar-refractivity contribution >= 4 is 28.9 Å². The van der Waals surface area contributed by atoms with Crippen LogP contribution in [-0.4, -0.2) is 24.0 Å². The fourth-order valence-corrected chi connectivity index (χ4v) is 2.56. The molecule has 1 aromatic carbocycles. The van der Waals surface area contributed by atoms with Gasteiger partial charge >= 0.3 is 6.18 Å². The van der Waals surface area contributed by atoms with Crippen LogP contribution in [0, 0.1) is 0 Å². The highest BCUT2D eigenvalue weighted by molar-refractivity contribution is 6.31. The van der Waals surface area contributed by atoms with Crippen LogP contribution < -0.4 is 10.2 Å². The Bertz CT molecular complexity index is 761. The van der Waals surface area contributed by atoms with E-state index in [2.05, 4.69) is 10.3 Å². The number of halogens is 4. The van der Waals surface area contributed by atoms with Crippen LogP contribution in [0.5, 0.6) is 0 Å². The van der Waals surface area contributed by atoms with Gasteiger partial charge in [0.15, 0.2) is 0 Å². The number of rotatable bonds is 5. The standard InChI is InChI=1S/C17H17ClF3N3O/c1-3-24(4-2)13-7-11(9-22-10-13)16(25)23-12-5-6-15(18)14(8-12)17(19,20)21/h5-10H,3-4H2,1-2H3,(H,23,25). The molecule has 2 rings (SSSR count). The molecule has 0 unspecified atom stereocenters. The van der Waals surface area contributed by atoms with Crippen LogP contribution in [0.15, 0.2) is 36.7 Å². The molecular weight excluding hydrogens is 355 g/mol. The Morgan fingerprint density at radius 1 is 1.20 bits per heavy atom. The third-order valence-electron chi connectivity index (χ3n) is 3.64. The maximum Gasteiger partial charge on any atom is 0.417 e. The average Bonchev–Trinajstić information content (AvgIpc) is 2.57. The van der Waals surface area contributed by atoms with Crippen LogP contribution in [0.4, 0.5) is 24.5 Å². The van der Waals surface area contributed by atoms with Crippen LogP contribution in [-0.2, 0) is 6.18 Å². The zero-order valence-corrected chi connectivity index (χ0v) is 14.4. The number of alkyl halides is 3. The summed E-state index contributed by atoms with van der Waals surface area (Å²) in [5.41, 5.74) is 0.0367. The van der Waals surface area contributed by atoms with E-state index in [1.807, 2.05) is 18.7 Å². The third-order valence-corrected chi connectivity index (χ3v) is 3.97. The number of carbonyl (C=O) groups excluding carboxylic acids is 1. The Kier molecular flexibility index (Phi) is 5.89. The van der Waals surface area contributed by atoms with Crippen LogP contribution in [0.2, 0.25) is 5.02 Å². The van der Waals surface area contributed by atoms with Crippen molar-refractivity contribution in [2.24, 2.45) is 0 Å². The predicted molar refractivity (Wildman–Crippen MR) is 92.2 cm³/mol. The summed E-state index contributed by atoms with van der Waals surface area (Å²) in [6, 6.07) is 4.87. The van der Waals surface area contributed by atoms with Gasteiger partial charge in [-0.2, -0.15) is 13.2 Å². The van der Waals surface area contributed by atoms with Gasteiger partial charge in [-0.3, -0.25) is 9.78 Å². The third kappa shape index (κ3) is 4.63. The molecule has 0 saturated heterocycles. The van der Waals surface area contributed by atoms with Crippen molar-refractivity contribution < 1.29 is 18.0 Å². The molecule has 0 aliphatic rings. The first-order valence-electron chi connectivity index (χ1n) is 7.64. The number of nitrogens with one attached hydrogen (secondary N) is 1. The van der Waals surface area contributed by atoms with Gasteiger partial charge in [-0.25, -0.2) is 0 Å². The summed E-state index contributed by atoms with van der Waals surface area (Å²) < 4.78 is 38.7. The molecule has 1 N–H and O–H groups in total. The number of benzene rings is 1. The number of pyridine rings is 1. The van der Waals surface area contributed by atoms with Crippen molar-refractivity contribution in [1.82, 2.24) is 4.98 Å². The molecule has 2 aromatic rings. The largest absolute Gasteiger partial charge is 0.417 e. The number of hydrogen-bond donors (Lipinski definition) is 1. The number of aromatic nitrogens is 1. The summed E-state index contributed by atoms with van der Waals surface area (Å²) in [4.78, 5) is 18.4. The molecule has 1 heterocycles. The van der Waals surface area contributed by atoms with Crippen LogP contribution >= 0.6 is 11.6 Å². The second kappa shape index (κ2) is 7.74. The van der Waals surface area contributed by atoms with Gasteiger partial charge in [-0.15, -0.1) is 0 Å². The van der Waals surface area contributed by atoms with Crippen molar-refractivity contribution in [2.75, 3.05) is 23.3 Å². The second-order valence-electron chi connectivity index (χ2n) is 5.25. The lowest BCUT2D eigenvalue weighted by Gasteiger charge is -2.20. The van der Waals surface area contributed by atoms with E-state index >= 15 is 0 Å². The highest BCUT2D eigenvalue weighted by atomic mass is 35.5. The van der Waals surface area contributed by atoms with Crippen molar-refractivity contribution in [3.63, 3.8) is 0 Å². The first kappa shape index (κ1) is 19.1. The summed E-state index contributed by atoms with van der Waals surface area (Å²) in [7, 11) is 0. The maximum atomic E-state index is 12.9. The van der Waals surface area contributed by atoms with E-state index in [9.17, 15) is 18.0 Å². The average molecular weight is 372 g/mol. The minimum Gasteiger partial charge on any atom is -0.371 e. The molecule has 0 radical (unpaired) electrons. The predicted octanol–water partition coefficient (Wildman–Crippen LogP) is 4.85. The number of nitrogens with zero attached hydrogens (tertiary/aromatic N) is 2. The molecule has 134 valence electrons. The lowest BCUT2D eigenvalue weighted by atomic mass is 10.1. The zero-order valence-electron chi connectivity index (χ0n) is 13.7. The monoisotopic (exact) mass is 371 g/mol. The number of anilines is 2. The molecule has 1 aromatic heterocycles. The summed E-state index contributed by atoms with van der Waals surface area (Å²) in [5, 5.41) is 2.02. The lowest BCUT2D eigenvalue weighted by molar-refractivity contribution is -0.137. The Morgan fingerprint density at radius 2 is 1.88 bits per heavy atom. The molecule has 0 fully saturated rings. The van der Waals surface area contributed by atoms with E-state index < -0.39 is 22.7 Å². The molecule has 0 aliphatic heterocycles. The topological polar surface area (TPSA) is 45.2 Å². The zero-order chi connectivity index (χ0) is 18.6. The van der Waals surface area contributed by atoms with E-state index in [0.29, 0.717) is 0 Å². The summed E-state index contributed by atoms with van der Waals surface area (Å²) in [6.45, 7) is 5.44. The van der Waals surface area contributed by atoms with E-state index in [-0.39, 0.29) is 11.3 Å². The van der Waals surface area contributed by atoms with Crippen molar-refractivity contribution in [2.45, 2.75) is 20.0 Å². The van der Waals surface area contributed by atoms with Gasteiger partial charge < -0.3 is 10.2 Å². The summed E-state index contributed by atoms with van der Waals surface area (Å²) in [6.07, 6.45) is -1.60. The molecule has 0 aliphatic carbocycles. The first-order chi connectivity index (χ1) is 11.8. The molecule has 25 heavy (non-hydrogen) atoms. The Labute approximate surface area is 148 Å². The fraction of sp³-hybridized carbons (Fsp3) is 0.294. The number of hydrogen-bond acceptors (Lipinski definition) is 3. The molecule has 0 saturated carbocycles. The first-order valence-corrected chi connectivity index (χ1v) is 8.02. The van der Waals surface area contributed by atoms with Crippen LogP contribution in [0.25, 0.3) is 0 Å². The summed E-state index contributed by atoms with van der Waals surface area (Å²) in [5.74, 6) is -0.544. The smallest absolute Gasteiger partial charge is 0.371 e. The number of carbonyl (C=O) groups is 1. The second-order valence-corrected chi connectivity index (χ2v) is 5.66. The van der Waals surface area contributed by atoms with Crippen molar-refractivity contribution in [3.05, 3.63) is 52.8 Å². The molecule has 1 amide bonds. The van der Waals surface area contributed by atoms with Crippen LogP contribution in [0.1, 0.15) is 29.8 Å². The number of amides is 1. The normalized spacial score (nSPS) is 11.3. The SMILES string of the molecule is CCN(CC)c1cncc(C(=O)Nc2ccc(Cl)c(C(F)(F)F)c2)c1. The highest BCUT2D eigenvalue weighted by Gasteiger charge is 2.33. The van der Waals surface area contributed by atoms with Gasteiger partial charge in [-0.1, -0.05) is 11.6 Å². The minimum absolute atomic E-state index is 0.00923. The molecule has 8 heteroatoms. The lowest BCUT2D eigenvalue weighted by Crippen LogP contribution is -2.22. The maximum absolute atomic E-state index is 12.9. The van der Waals surface area contributed by atoms with Crippen molar-refractivity contribution in [1.29, 1.82) is 0 Å². The van der Waals surface area contributed by atoms with Gasteiger partial charge in [0.05, 0.1) is 28.0 Å². The van der Waals surface area contributed by atoms with Gasteiger partial charge in [0.25, 0.3) is 5.91 Å². The highest BCUT2D eigenvalue weighted by Crippen LogP contribution is 2.36. The Balaban J connectivity index is 2.24. The molecule has 0 spiro atoms. The quantitative estimate of drug-likeness (QED) is 0.817. The van der Waals surface area contributed by atoms with E-state index in [4.69, 9.17) is 11.6 Å². The van der Waals surface area contributed by atoms with E-state index in [1.165, 1.54) is 12.3 Å². The van der Waals surface area contributed by atoms with E-state index in [1.54, 1.807) is 12.3 Å². The molecule has 4 nitrogen and oxygen atoms in total. The Morgan fingerprint density at radius 3 is 2.48 bits per heavy atom. The minimum atomic E-state index is -4.60. The van der Waals surface area contributed by atoms with Gasteiger partial charge in [0, 0.05) is 25.0 Å². The van der Waals surface area contributed by atoms with Gasteiger partial charge in [0.2, 0.25) is 0 Å². The molecule has 0 bridgehead atoms. The van der Waals surface area contributed by atoms with Crippen molar-refractivity contribution in [3.8, 4) is 0 Å². The molecular formula is C17H17ClF3N3O. The van der Waals surface area contributed by atoms with Crippen LogP contribution in [0.3, 0.4) is 0 Å². The summed E-state index contributed by atoms with van der Waals surface area (Å²) >= 11 is 5.57. The Hall–Kier alpha value is -2.28. The van der Waals surface area contributed by atoms with Gasteiger partial charge in [-0.05, 0) is 38.1 Å². The fourth-order valence-electron chi connectivity index (χ4n) is 2.34.